The molecule has 4 rings (SSSR count). The fraction of sp³-hybridized carbons (Fsp3) is 0.316. The number of aliphatic hydroxyl groups is 1. The van der Waals surface area contributed by atoms with Crippen molar-refractivity contribution >= 4 is 16.6 Å². The molecule has 128 valence electrons. The Kier molecular flexibility index (Phi) is 3.67. The second-order valence-electron chi connectivity index (χ2n) is 6.70. The van der Waals surface area contributed by atoms with Crippen LogP contribution in [0.15, 0.2) is 36.8 Å². The topological polar surface area (TPSA) is 94.2 Å². The smallest absolute Gasteiger partial charge is 0.123 e. The number of ether oxygens (including phenoxy) is 1. The summed E-state index contributed by atoms with van der Waals surface area (Å²) in [7, 11) is 0. The largest absolute Gasteiger partial charge is 0.384 e. The minimum absolute atomic E-state index is 0.0467. The predicted octanol–water partition coefficient (Wildman–Crippen LogP) is 2.58. The lowest BCUT2D eigenvalue weighted by Crippen LogP contribution is -2.26. The van der Waals surface area contributed by atoms with Gasteiger partial charge in [-0.2, -0.15) is 0 Å². The Labute approximate surface area is 145 Å². The van der Waals surface area contributed by atoms with E-state index >= 15 is 0 Å². The molecule has 6 heteroatoms. The third-order valence-electron chi connectivity index (χ3n) is 4.80. The molecule has 3 aromatic rings. The Balaban J connectivity index is 1.77. The molecule has 0 unspecified atom stereocenters. The first-order chi connectivity index (χ1) is 12.0. The summed E-state index contributed by atoms with van der Waals surface area (Å²) in [6, 6.07) is 5.65. The Morgan fingerprint density at radius 1 is 1.16 bits per heavy atom. The third-order valence-corrected chi connectivity index (χ3v) is 4.80. The normalized spacial score (nSPS) is 23.2. The minimum Gasteiger partial charge on any atom is -0.384 e. The highest BCUT2D eigenvalue weighted by Gasteiger charge is 2.38. The van der Waals surface area contributed by atoms with E-state index in [0.717, 1.165) is 33.3 Å². The zero-order valence-electron chi connectivity index (χ0n) is 14.2. The molecule has 1 aliphatic heterocycles. The first kappa shape index (κ1) is 15.9. The lowest BCUT2D eigenvalue weighted by molar-refractivity contribution is 0.0191. The van der Waals surface area contributed by atoms with Gasteiger partial charge in [0.1, 0.15) is 11.4 Å². The molecular formula is C19H20N4O2. The van der Waals surface area contributed by atoms with Crippen LogP contribution in [0.4, 0.5) is 5.82 Å². The number of pyridine rings is 3. The number of hydrogen-bond acceptors (Lipinski definition) is 6. The summed E-state index contributed by atoms with van der Waals surface area (Å²) >= 11 is 0. The summed E-state index contributed by atoms with van der Waals surface area (Å²) in [5.41, 5.74) is 8.23. The van der Waals surface area contributed by atoms with E-state index in [0.29, 0.717) is 18.8 Å². The van der Waals surface area contributed by atoms with Crippen LogP contribution in [0, 0.1) is 6.92 Å². The van der Waals surface area contributed by atoms with Gasteiger partial charge >= 0.3 is 0 Å². The molecule has 3 N–H and O–H groups in total. The van der Waals surface area contributed by atoms with Gasteiger partial charge in [-0.15, -0.1) is 0 Å². The van der Waals surface area contributed by atoms with Gasteiger partial charge in [0, 0.05) is 47.2 Å². The van der Waals surface area contributed by atoms with Gasteiger partial charge in [0.25, 0.3) is 0 Å². The van der Waals surface area contributed by atoms with E-state index in [1.807, 2.05) is 32.0 Å². The molecule has 3 aromatic heterocycles. The molecule has 0 amide bonds. The highest BCUT2D eigenvalue weighted by molar-refractivity contribution is 5.97. The molecule has 0 aromatic carbocycles. The summed E-state index contributed by atoms with van der Waals surface area (Å²) in [4.78, 5) is 13.2. The number of anilines is 1. The average Bonchev–Trinajstić information content (AvgIpc) is 2.95. The molecular weight excluding hydrogens is 316 g/mol. The number of fused-ring (bicyclic) bond motifs is 1. The molecule has 1 saturated heterocycles. The van der Waals surface area contributed by atoms with Crippen molar-refractivity contribution in [2.45, 2.75) is 32.0 Å². The van der Waals surface area contributed by atoms with Crippen LogP contribution in [0.2, 0.25) is 0 Å². The number of nitrogens with zero attached hydrogens (tertiary/aromatic N) is 3. The lowest BCUT2D eigenvalue weighted by Gasteiger charge is -2.21. The minimum atomic E-state index is -0.965. The van der Waals surface area contributed by atoms with Gasteiger partial charge in [0.15, 0.2) is 0 Å². The molecule has 25 heavy (non-hydrogen) atoms. The van der Waals surface area contributed by atoms with E-state index in [9.17, 15) is 5.11 Å². The first-order valence-electron chi connectivity index (χ1n) is 8.28. The molecule has 4 heterocycles. The summed E-state index contributed by atoms with van der Waals surface area (Å²) in [5.74, 6) is 0.461. The molecule has 6 nitrogen and oxygen atoms in total. The highest BCUT2D eigenvalue weighted by Crippen LogP contribution is 2.35. The van der Waals surface area contributed by atoms with Crippen LogP contribution in [0.25, 0.3) is 22.0 Å². The van der Waals surface area contributed by atoms with E-state index in [1.165, 1.54) is 0 Å². The van der Waals surface area contributed by atoms with Crippen LogP contribution in [-0.4, -0.2) is 32.8 Å². The van der Waals surface area contributed by atoms with Crippen molar-refractivity contribution in [3.05, 3.63) is 48.0 Å². The molecule has 0 saturated carbocycles. The van der Waals surface area contributed by atoms with E-state index in [-0.39, 0.29) is 6.10 Å². The molecule has 0 aliphatic carbocycles. The van der Waals surface area contributed by atoms with Crippen molar-refractivity contribution in [3.8, 4) is 11.3 Å². The van der Waals surface area contributed by atoms with Crippen molar-refractivity contribution in [1.82, 2.24) is 15.0 Å². The number of aromatic nitrogens is 3. The molecule has 1 aliphatic rings. The van der Waals surface area contributed by atoms with Crippen molar-refractivity contribution in [1.29, 1.82) is 0 Å². The van der Waals surface area contributed by atoms with Crippen LogP contribution < -0.4 is 5.73 Å². The monoisotopic (exact) mass is 336 g/mol. The SMILES string of the molecule is Cc1ncc(-c2ccc([C@]3(O)CO[C@H](C)C3)cn2)c2cc(N)ncc12. The van der Waals surface area contributed by atoms with Gasteiger partial charge in [0.2, 0.25) is 0 Å². The van der Waals surface area contributed by atoms with Crippen molar-refractivity contribution in [2.75, 3.05) is 12.3 Å². The van der Waals surface area contributed by atoms with Crippen LogP contribution in [0.3, 0.4) is 0 Å². The molecule has 0 spiro atoms. The number of aryl methyl sites for hydroxylation is 1. The summed E-state index contributed by atoms with van der Waals surface area (Å²) in [6.45, 7) is 4.20. The second kappa shape index (κ2) is 5.75. The second-order valence-corrected chi connectivity index (χ2v) is 6.70. The number of rotatable bonds is 2. The quantitative estimate of drug-likeness (QED) is 0.747. The van der Waals surface area contributed by atoms with E-state index in [2.05, 4.69) is 15.0 Å². The third kappa shape index (κ3) is 2.73. The number of hydrogen-bond donors (Lipinski definition) is 2. The van der Waals surface area contributed by atoms with Gasteiger partial charge in [-0.05, 0) is 31.4 Å². The van der Waals surface area contributed by atoms with E-state index < -0.39 is 5.60 Å². The fourth-order valence-corrected chi connectivity index (χ4v) is 3.39. The van der Waals surface area contributed by atoms with Gasteiger partial charge in [-0.25, -0.2) is 4.98 Å². The molecule has 1 fully saturated rings. The Morgan fingerprint density at radius 2 is 2.00 bits per heavy atom. The zero-order chi connectivity index (χ0) is 17.6. The van der Waals surface area contributed by atoms with Gasteiger partial charge < -0.3 is 15.6 Å². The van der Waals surface area contributed by atoms with Crippen molar-refractivity contribution in [3.63, 3.8) is 0 Å². The summed E-state index contributed by atoms with van der Waals surface area (Å²) < 4.78 is 5.51. The zero-order valence-corrected chi connectivity index (χ0v) is 14.2. The van der Waals surface area contributed by atoms with Crippen LogP contribution in [0.1, 0.15) is 24.6 Å². The molecule has 2 atom stereocenters. The van der Waals surface area contributed by atoms with Crippen molar-refractivity contribution < 1.29 is 9.84 Å². The van der Waals surface area contributed by atoms with Gasteiger partial charge in [-0.3, -0.25) is 9.97 Å². The van der Waals surface area contributed by atoms with Crippen LogP contribution >= 0.6 is 0 Å². The Morgan fingerprint density at radius 3 is 2.68 bits per heavy atom. The Bertz CT molecular complexity index is 942. The highest BCUT2D eigenvalue weighted by atomic mass is 16.5. The molecule has 0 radical (unpaired) electrons. The van der Waals surface area contributed by atoms with E-state index in [4.69, 9.17) is 10.5 Å². The van der Waals surface area contributed by atoms with Gasteiger partial charge in [0.05, 0.1) is 18.4 Å². The number of nitrogens with two attached hydrogens (primary N) is 1. The lowest BCUT2D eigenvalue weighted by atomic mass is 9.92. The standard InChI is InChI=1S/C19H20N4O2/c1-11-6-19(24,10-25-11)13-3-4-17(22-7-13)16-9-21-12(2)15-8-23-18(20)5-14(15)16/h3-5,7-9,11,24H,6,10H2,1-2H3,(H2,20,23)/t11-,19-/m1/s1. The maximum Gasteiger partial charge on any atom is 0.123 e. The number of nitrogen functional groups attached to an aromatic ring is 1. The van der Waals surface area contributed by atoms with Crippen molar-refractivity contribution in [2.24, 2.45) is 0 Å². The molecule has 0 bridgehead atoms. The van der Waals surface area contributed by atoms with Gasteiger partial charge in [-0.1, -0.05) is 6.07 Å². The summed E-state index contributed by atoms with van der Waals surface area (Å²) in [5, 5.41) is 12.7. The van der Waals surface area contributed by atoms with Crippen LogP contribution in [0.5, 0.6) is 0 Å². The van der Waals surface area contributed by atoms with Crippen LogP contribution in [-0.2, 0) is 10.3 Å². The Hall–Kier alpha value is -2.57. The average molecular weight is 336 g/mol. The fourth-order valence-electron chi connectivity index (χ4n) is 3.39. The van der Waals surface area contributed by atoms with E-state index in [1.54, 1.807) is 18.6 Å². The first-order valence-corrected chi connectivity index (χ1v) is 8.28. The predicted molar refractivity (Wildman–Crippen MR) is 95.8 cm³/mol. The summed E-state index contributed by atoms with van der Waals surface area (Å²) in [6.07, 6.45) is 5.88. The maximum absolute atomic E-state index is 10.7. The maximum atomic E-state index is 10.7.